The summed E-state index contributed by atoms with van der Waals surface area (Å²) in [7, 11) is 0. The standard InChI is InChI=1S/C19H31N3O3/c1-5-19(24)9-7-14(8-10-19)20-18(23)17-15-11-12(3)25-13(4)16(15)21-22(17)6-2/h12-14,24H,5-11H2,1-4H3,(H,20,23)/t12-,13+,14?,19?/m0/s1. The van der Waals surface area contributed by atoms with Gasteiger partial charge in [0.25, 0.3) is 5.91 Å². The van der Waals surface area contributed by atoms with Crippen LogP contribution in [0.1, 0.15) is 87.6 Å². The van der Waals surface area contributed by atoms with Crippen LogP contribution in [0.3, 0.4) is 0 Å². The summed E-state index contributed by atoms with van der Waals surface area (Å²) < 4.78 is 7.66. The van der Waals surface area contributed by atoms with E-state index in [1.54, 1.807) is 0 Å². The zero-order valence-electron chi connectivity index (χ0n) is 15.8. The van der Waals surface area contributed by atoms with Crippen LogP contribution in [0.4, 0.5) is 0 Å². The highest BCUT2D eigenvalue weighted by atomic mass is 16.5. The molecule has 1 saturated carbocycles. The van der Waals surface area contributed by atoms with Crippen LogP contribution in [-0.2, 0) is 17.7 Å². The van der Waals surface area contributed by atoms with Gasteiger partial charge in [0.15, 0.2) is 0 Å². The summed E-state index contributed by atoms with van der Waals surface area (Å²) in [5.74, 6) is -0.0381. The minimum absolute atomic E-state index is 0.0381. The highest BCUT2D eigenvalue weighted by Gasteiger charge is 2.35. The summed E-state index contributed by atoms with van der Waals surface area (Å²) in [6, 6.07) is 0.130. The molecule has 140 valence electrons. The second kappa shape index (κ2) is 7.08. The maximum atomic E-state index is 13.0. The molecule has 1 aliphatic heterocycles. The van der Waals surface area contributed by atoms with Crippen molar-refractivity contribution in [3.8, 4) is 0 Å². The summed E-state index contributed by atoms with van der Waals surface area (Å²) in [4.78, 5) is 13.0. The molecular formula is C19H31N3O3. The van der Waals surface area contributed by atoms with Gasteiger partial charge in [-0.25, -0.2) is 0 Å². The Labute approximate surface area is 149 Å². The van der Waals surface area contributed by atoms with E-state index in [1.165, 1.54) is 0 Å². The Morgan fingerprint density at radius 3 is 2.64 bits per heavy atom. The van der Waals surface area contributed by atoms with E-state index in [4.69, 9.17) is 4.74 Å². The molecule has 2 atom stereocenters. The molecule has 6 nitrogen and oxygen atoms in total. The Bertz CT molecular complexity index is 632. The van der Waals surface area contributed by atoms with E-state index in [9.17, 15) is 9.90 Å². The van der Waals surface area contributed by atoms with Crippen LogP contribution in [0.25, 0.3) is 0 Å². The topological polar surface area (TPSA) is 76.4 Å². The number of hydrogen-bond donors (Lipinski definition) is 2. The molecule has 25 heavy (non-hydrogen) atoms. The third-order valence-corrected chi connectivity index (χ3v) is 5.82. The third kappa shape index (κ3) is 3.60. The minimum Gasteiger partial charge on any atom is -0.390 e. The first-order valence-corrected chi connectivity index (χ1v) is 9.65. The molecule has 2 aliphatic rings. The predicted octanol–water partition coefficient (Wildman–Crippen LogP) is 2.74. The quantitative estimate of drug-likeness (QED) is 0.876. The van der Waals surface area contributed by atoms with Crippen molar-refractivity contribution in [3.05, 3.63) is 17.0 Å². The van der Waals surface area contributed by atoms with Gasteiger partial charge in [0.2, 0.25) is 0 Å². The van der Waals surface area contributed by atoms with Crippen molar-refractivity contribution in [2.45, 2.75) is 96.6 Å². The number of nitrogens with one attached hydrogen (secondary N) is 1. The molecule has 0 radical (unpaired) electrons. The fourth-order valence-electron chi connectivity index (χ4n) is 4.18. The summed E-state index contributed by atoms with van der Waals surface area (Å²) in [5, 5.41) is 18.2. The van der Waals surface area contributed by atoms with Crippen LogP contribution in [0.2, 0.25) is 0 Å². The lowest BCUT2D eigenvalue weighted by atomic mass is 9.80. The van der Waals surface area contributed by atoms with Crippen LogP contribution < -0.4 is 5.32 Å². The number of ether oxygens (including phenoxy) is 1. The molecular weight excluding hydrogens is 318 g/mol. The van der Waals surface area contributed by atoms with Crippen molar-refractivity contribution >= 4 is 5.91 Å². The first kappa shape index (κ1) is 18.4. The van der Waals surface area contributed by atoms with Gasteiger partial charge in [0.05, 0.1) is 23.5 Å². The molecule has 0 spiro atoms. The van der Waals surface area contributed by atoms with Crippen LogP contribution >= 0.6 is 0 Å². The van der Waals surface area contributed by atoms with Gasteiger partial charge in [-0.1, -0.05) is 6.92 Å². The molecule has 2 N–H and O–H groups in total. The molecule has 1 aliphatic carbocycles. The average Bonchev–Trinajstić information content (AvgIpc) is 2.96. The fourth-order valence-corrected chi connectivity index (χ4v) is 4.18. The maximum absolute atomic E-state index is 13.0. The number of hydrogen-bond acceptors (Lipinski definition) is 4. The van der Waals surface area contributed by atoms with Crippen LogP contribution in [-0.4, -0.2) is 38.5 Å². The van der Waals surface area contributed by atoms with Crippen molar-refractivity contribution < 1.29 is 14.6 Å². The largest absolute Gasteiger partial charge is 0.390 e. The molecule has 0 bridgehead atoms. The van der Waals surface area contributed by atoms with Crippen molar-refractivity contribution in [2.24, 2.45) is 0 Å². The molecule has 1 amide bonds. The van der Waals surface area contributed by atoms with Crippen molar-refractivity contribution in [1.29, 1.82) is 0 Å². The van der Waals surface area contributed by atoms with E-state index in [2.05, 4.69) is 10.4 Å². The number of carbonyl (C=O) groups is 1. The van der Waals surface area contributed by atoms with Crippen LogP contribution in [0.15, 0.2) is 0 Å². The number of fused-ring (bicyclic) bond motifs is 1. The normalized spacial score (nSPS) is 32.3. The maximum Gasteiger partial charge on any atom is 0.270 e. The Kier molecular flexibility index (Phi) is 5.21. The Balaban J connectivity index is 1.77. The molecule has 0 aromatic carbocycles. The second-order valence-corrected chi connectivity index (χ2v) is 7.65. The number of carbonyl (C=O) groups excluding carboxylic acids is 1. The average molecular weight is 349 g/mol. The molecule has 0 saturated heterocycles. The lowest BCUT2D eigenvalue weighted by Gasteiger charge is -2.35. The fraction of sp³-hybridized carbons (Fsp3) is 0.789. The van der Waals surface area contributed by atoms with E-state index < -0.39 is 5.60 Å². The molecule has 6 heteroatoms. The van der Waals surface area contributed by atoms with Gasteiger partial charge in [-0.05, 0) is 52.9 Å². The number of aryl methyl sites for hydroxylation is 1. The smallest absolute Gasteiger partial charge is 0.270 e. The molecule has 3 rings (SSSR count). The number of aromatic nitrogens is 2. The monoisotopic (exact) mass is 349 g/mol. The molecule has 0 unspecified atom stereocenters. The molecule has 1 fully saturated rings. The summed E-state index contributed by atoms with van der Waals surface area (Å²) in [6.45, 7) is 8.73. The van der Waals surface area contributed by atoms with Crippen molar-refractivity contribution in [2.75, 3.05) is 0 Å². The zero-order valence-corrected chi connectivity index (χ0v) is 15.8. The molecule has 1 aromatic rings. The van der Waals surface area contributed by atoms with Gasteiger partial charge in [-0.15, -0.1) is 0 Å². The molecule has 1 aromatic heterocycles. The summed E-state index contributed by atoms with van der Waals surface area (Å²) in [5.41, 5.74) is 2.07. The lowest BCUT2D eigenvalue weighted by molar-refractivity contribution is -0.00772. The predicted molar refractivity (Wildman–Crippen MR) is 95.5 cm³/mol. The van der Waals surface area contributed by atoms with Gasteiger partial charge in [-0.3, -0.25) is 9.48 Å². The van der Waals surface area contributed by atoms with Gasteiger partial charge in [0.1, 0.15) is 5.69 Å². The van der Waals surface area contributed by atoms with E-state index >= 15 is 0 Å². The minimum atomic E-state index is -0.548. The number of amides is 1. The van der Waals surface area contributed by atoms with E-state index in [-0.39, 0.29) is 24.2 Å². The van der Waals surface area contributed by atoms with Crippen LogP contribution in [0.5, 0.6) is 0 Å². The second-order valence-electron chi connectivity index (χ2n) is 7.65. The Morgan fingerprint density at radius 2 is 2.04 bits per heavy atom. The van der Waals surface area contributed by atoms with E-state index in [0.29, 0.717) is 12.2 Å². The SMILES string of the molecule is CCn1nc2c(c1C(=O)NC1CCC(O)(CC)CC1)C[C@H](C)O[C@@H]2C. The van der Waals surface area contributed by atoms with Crippen molar-refractivity contribution in [3.63, 3.8) is 0 Å². The van der Waals surface area contributed by atoms with Gasteiger partial charge in [-0.2, -0.15) is 5.10 Å². The zero-order chi connectivity index (χ0) is 18.2. The number of rotatable bonds is 4. The molecule has 2 heterocycles. The summed E-state index contributed by atoms with van der Waals surface area (Å²) >= 11 is 0. The third-order valence-electron chi connectivity index (χ3n) is 5.82. The Hall–Kier alpha value is -1.40. The first-order chi connectivity index (χ1) is 11.9. The first-order valence-electron chi connectivity index (χ1n) is 9.65. The highest BCUT2D eigenvalue weighted by Crippen LogP contribution is 2.33. The highest BCUT2D eigenvalue weighted by molar-refractivity contribution is 5.94. The van der Waals surface area contributed by atoms with E-state index in [1.807, 2.05) is 32.4 Å². The van der Waals surface area contributed by atoms with Gasteiger partial charge >= 0.3 is 0 Å². The lowest BCUT2D eigenvalue weighted by Crippen LogP contribution is -2.43. The van der Waals surface area contributed by atoms with Gasteiger partial charge < -0.3 is 15.2 Å². The summed E-state index contributed by atoms with van der Waals surface area (Å²) in [6.07, 6.45) is 4.68. The Morgan fingerprint density at radius 1 is 1.36 bits per heavy atom. The van der Waals surface area contributed by atoms with Gasteiger partial charge in [0, 0.05) is 24.6 Å². The number of nitrogens with zero attached hydrogens (tertiary/aromatic N) is 2. The van der Waals surface area contributed by atoms with E-state index in [0.717, 1.165) is 49.8 Å². The van der Waals surface area contributed by atoms with Crippen molar-refractivity contribution in [1.82, 2.24) is 15.1 Å². The van der Waals surface area contributed by atoms with Crippen LogP contribution in [0, 0.1) is 0 Å². The number of aliphatic hydroxyl groups is 1.